The van der Waals surface area contributed by atoms with Crippen LogP contribution in [0.5, 0.6) is 0 Å². The van der Waals surface area contributed by atoms with E-state index in [1.165, 1.54) is 5.56 Å². The summed E-state index contributed by atoms with van der Waals surface area (Å²) in [5.74, 6) is 0.189. The van der Waals surface area contributed by atoms with Crippen LogP contribution in [0.15, 0.2) is 18.2 Å². The molecule has 4 nitrogen and oxygen atoms in total. The second-order valence-electron chi connectivity index (χ2n) is 5.75. The molecule has 2 rings (SSSR count). The second-order valence-corrected chi connectivity index (χ2v) is 5.75. The molecule has 0 bridgehead atoms. The van der Waals surface area contributed by atoms with E-state index in [-0.39, 0.29) is 24.6 Å². The van der Waals surface area contributed by atoms with E-state index in [9.17, 15) is 9.90 Å². The fourth-order valence-corrected chi connectivity index (χ4v) is 2.90. The van der Waals surface area contributed by atoms with Crippen LogP contribution >= 0.6 is 0 Å². The van der Waals surface area contributed by atoms with Crippen LogP contribution in [0.4, 0.5) is 10.5 Å². The van der Waals surface area contributed by atoms with Gasteiger partial charge in [0.15, 0.2) is 0 Å². The fourth-order valence-electron chi connectivity index (χ4n) is 2.90. The maximum Gasteiger partial charge on any atom is 0.319 e. The first kappa shape index (κ1) is 14.9. The van der Waals surface area contributed by atoms with E-state index in [1.54, 1.807) is 0 Å². The fraction of sp³-hybridized carbons (Fsp3) is 0.562. The number of urea groups is 1. The molecule has 1 aliphatic rings. The van der Waals surface area contributed by atoms with E-state index in [0.717, 1.165) is 36.9 Å². The van der Waals surface area contributed by atoms with Crippen LogP contribution in [-0.4, -0.2) is 23.8 Å². The topological polar surface area (TPSA) is 61.4 Å². The average molecular weight is 276 g/mol. The Kier molecular flexibility index (Phi) is 5.01. The number of carbonyl (C=O) groups excluding carboxylic acids is 1. The Labute approximate surface area is 120 Å². The minimum Gasteiger partial charge on any atom is -0.396 e. The summed E-state index contributed by atoms with van der Waals surface area (Å²) in [5, 5.41) is 15.3. The number of aliphatic hydroxyl groups is 1. The predicted molar refractivity (Wildman–Crippen MR) is 80.9 cm³/mol. The molecule has 1 aliphatic carbocycles. The van der Waals surface area contributed by atoms with Gasteiger partial charge in [0, 0.05) is 24.3 Å². The Morgan fingerprint density at radius 2 is 2.05 bits per heavy atom. The summed E-state index contributed by atoms with van der Waals surface area (Å²) >= 11 is 0. The Hall–Kier alpha value is -1.55. The molecule has 0 aliphatic heterocycles. The summed E-state index contributed by atoms with van der Waals surface area (Å²) in [6.45, 7) is 4.17. The van der Waals surface area contributed by atoms with Crippen LogP contribution in [0, 0.1) is 19.8 Å². The lowest BCUT2D eigenvalue weighted by atomic mass is 9.85. The molecule has 0 heterocycles. The van der Waals surface area contributed by atoms with E-state index in [1.807, 2.05) is 32.0 Å². The van der Waals surface area contributed by atoms with Crippen LogP contribution in [0.3, 0.4) is 0 Å². The first-order valence-electron chi connectivity index (χ1n) is 7.36. The SMILES string of the molecule is Cc1ccc(NC(=O)N[C@@H]2CCCC[C@@H]2CO)c(C)c1. The van der Waals surface area contributed by atoms with Crippen molar-refractivity contribution in [1.29, 1.82) is 0 Å². The van der Waals surface area contributed by atoms with E-state index < -0.39 is 0 Å². The van der Waals surface area contributed by atoms with Gasteiger partial charge in [-0.15, -0.1) is 0 Å². The lowest BCUT2D eigenvalue weighted by Gasteiger charge is -2.30. The van der Waals surface area contributed by atoms with Crippen LogP contribution in [0.1, 0.15) is 36.8 Å². The summed E-state index contributed by atoms with van der Waals surface area (Å²) in [5.41, 5.74) is 3.08. The number of nitrogens with one attached hydrogen (secondary N) is 2. The Morgan fingerprint density at radius 1 is 1.30 bits per heavy atom. The van der Waals surface area contributed by atoms with Crippen molar-refractivity contribution in [3.8, 4) is 0 Å². The van der Waals surface area contributed by atoms with Gasteiger partial charge in [0.2, 0.25) is 0 Å². The van der Waals surface area contributed by atoms with Gasteiger partial charge in [-0.05, 0) is 38.3 Å². The number of hydrogen-bond donors (Lipinski definition) is 3. The Bertz CT molecular complexity index is 474. The van der Waals surface area contributed by atoms with Crippen molar-refractivity contribution in [3.05, 3.63) is 29.3 Å². The molecule has 1 fully saturated rings. The number of carbonyl (C=O) groups is 1. The molecule has 1 aromatic rings. The van der Waals surface area contributed by atoms with Gasteiger partial charge in [-0.1, -0.05) is 30.5 Å². The first-order chi connectivity index (χ1) is 9.60. The highest BCUT2D eigenvalue weighted by Gasteiger charge is 2.25. The summed E-state index contributed by atoms with van der Waals surface area (Å²) in [6.07, 6.45) is 4.20. The van der Waals surface area contributed by atoms with Crippen molar-refractivity contribution in [2.24, 2.45) is 5.92 Å². The van der Waals surface area contributed by atoms with Crippen molar-refractivity contribution in [1.82, 2.24) is 5.32 Å². The maximum absolute atomic E-state index is 12.1. The van der Waals surface area contributed by atoms with Crippen LogP contribution in [-0.2, 0) is 0 Å². The number of anilines is 1. The third kappa shape index (κ3) is 3.73. The van der Waals surface area contributed by atoms with E-state index >= 15 is 0 Å². The lowest BCUT2D eigenvalue weighted by Crippen LogP contribution is -2.45. The summed E-state index contributed by atoms with van der Waals surface area (Å²) in [6, 6.07) is 5.86. The van der Waals surface area contributed by atoms with Gasteiger partial charge in [0.05, 0.1) is 0 Å². The van der Waals surface area contributed by atoms with Gasteiger partial charge in [0.25, 0.3) is 0 Å². The highest BCUT2D eigenvalue weighted by atomic mass is 16.3. The minimum absolute atomic E-state index is 0.0829. The third-order valence-electron chi connectivity index (χ3n) is 4.09. The van der Waals surface area contributed by atoms with E-state index in [2.05, 4.69) is 10.6 Å². The molecule has 2 atom stereocenters. The molecular formula is C16H24N2O2. The molecular weight excluding hydrogens is 252 g/mol. The predicted octanol–water partition coefficient (Wildman–Crippen LogP) is 2.98. The highest BCUT2D eigenvalue weighted by Crippen LogP contribution is 2.24. The average Bonchev–Trinajstić information content (AvgIpc) is 2.42. The zero-order valence-corrected chi connectivity index (χ0v) is 12.3. The van der Waals surface area contributed by atoms with Gasteiger partial charge >= 0.3 is 6.03 Å². The molecule has 0 aromatic heterocycles. The normalized spacial score (nSPS) is 22.4. The minimum atomic E-state index is -0.178. The van der Waals surface area contributed by atoms with Gasteiger partial charge < -0.3 is 15.7 Å². The molecule has 0 spiro atoms. The second kappa shape index (κ2) is 6.75. The summed E-state index contributed by atoms with van der Waals surface area (Å²) < 4.78 is 0. The van der Waals surface area contributed by atoms with Gasteiger partial charge in [-0.3, -0.25) is 0 Å². The first-order valence-corrected chi connectivity index (χ1v) is 7.36. The monoisotopic (exact) mass is 276 g/mol. The van der Waals surface area contributed by atoms with Crippen molar-refractivity contribution in [2.75, 3.05) is 11.9 Å². The van der Waals surface area contributed by atoms with Gasteiger partial charge in [0.1, 0.15) is 0 Å². The molecule has 1 aromatic carbocycles. The molecule has 2 amide bonds. The maximum atomic E-state index is 12.1. The van der Waals surface area contributed by atoms with Crippen molar-refractivity contribution in [3.63, 3.8) is 0 Å². The smallest absolute Gasteiger partial charge is 0.319 e. The number of hydrogen-bond acceptors (Lipinski definition) is 2. The number of amides is 2. The highest BCUT2D eigenvalue weighted by molar-refractivity contribution is 5.90. The van der Waals surface area contributed by atoms with Crippen LogP contribution in [0.25, 0.3) is 0 Å². The largest absolute Gasteiger partial charge is 0.396 e. The van der Waals surface area contributed by atoms with E-state index in [0.29, 0.717) is 0 Å². The molecule has 20 heavy (non-hydrogen) atoms. The third-order valence-corrected chi connectivity index (χ3v) is 4.09. The number of benzene rings is 1. The zero-order chi connectivity index (χ0) is 14.5. The number of aryl methyl sites for hydroxylation is 2. The van der Waals surface area contributed by atoms with Gasteiger partial charge in [-0.2, -0.15) is 0 Å². The summed E-state index contributed by atoms with van der Waals surface area (Å²) in [4.78, 5) is 12.1. The Balaban J connectivity index is 1.94. The molecule has 0 saturated heterocycles. The standard InChI is InChI=1S/C16H24N2O2/c1-11-7-8-14(12(2)9-11)17-16(20)18-15-6-4-3-5-13(15)10-19/h7-9,13,15,19H,3-6,10H2,1-2H3,(H2,17,18,20)/t13-,15-/m1/s1. The number of aliphatic hydroxyl groups excluding tert-OH is 1. The van der Waals surface area contributed by atoms with Crippen molar-refractivity contribution < 1.29 is 9.90 Å². The molecule has 0 unspecified atom stereocenters. The molecule has 4 heteroatoms. The van der Waals surface area contributed by atoms with Crippen LogP contribution < -0.4 is 10.6 Å². The Morgan fingerprint density at radius 3 is 2.75 bits per heavy atom. The van der Waals surface area contributed by atoms with E-state index in [4.69, 9.17) is 0 Å². The molecule has 0 radical (unpaired) electrons. The quantitative estimate of drug-likeness (QED) is 0.795. The summed E-state index contributed by atoms with van der Waals surface area (Å²) in [7, 11) is 0. The molecule has 1 saturated carbocycles. The zero-order valence-electron chi connectivity index (χ0n) is 12.3. The number of rotatable bonds is 3. The van der Waals surface area contributed by atoms with Crippen molar-refractivity contribution >= 4 is 11.7 Å². The van der Waals surface area contributed by atoms with Crippen molar-refractivity contribution in [2.45, 2.75) is 45.6 Å². The molecule has 3 N–H and O–H groups in total. The lowest BCUT2D eigenvalue weighted by molar-refractivity contribution is 0.156. The van der Waals surface area contributed by atoms with Gasteiger partial charge in [-0.25, -0.2) is 4.79 Å². The molecule has 110 valence electrons. The van der Waals surface area contributed by atoms with Crippen LogP contribution in [0.2, 0.25) is 0 Å².